The summed E-state index contributed by atoms with van der Waals surface area (Å²) >= 11 is 1.72. The van der Waals surface area contributed by atoms with Gasteiger partial charge in [-0.25, -0.2) is 9.78 Å². The first-order valence-corrected chi connectivity index (χ1v) is 9.56. The van der Waals surface area contributed by atoms with Gasteiger partial charge in [-0.1, -0.05) is 18.6 Å². The first-order chi connectivity index (χ1) is 11.7. The number of thiazole rings is 1. The van der Waals surface area contributed by atoms with Crippen LogP contribution >= 0.6 is 11.3 Å². The summed E-state index contributed by atoms with van der Waals surface area (Å²) in [6.07, 6.45) is 5.42. The number of benzene rings is 1. The van der Waals surface area contributed by atoms with Crippen molar-refractivity contribution in [1.29, 1.82) is 0 Å². The number of amides is 2. The molecule has 0 aliphatic heterocycles. The molecule has 0 spiro atoms. The number of urea groups is 1. The van der Waals surface area contributed by atoms with Gasteiger partial charge in [-0.2, -0.15) is 0 Å². The van der Waals surface area contributed by atoms with Crippen LogP contribution in [0.4, 0.5) is 4.79 Å². The summed E-state index contributed by atoms with van der Waals surface area (Å²) in [5.74, 6) is 0.405. The highest BCUT2D eigenvalue weighted by Crippen LogP contribution is 2.23. The minimum Gasteiger partial charge on any atom is -0.393 e. The van der Waals surface area contributed by atoms with E-state index in [0.717, 1.165) is 49.0 Å². The van der Waals surface area contributed by atoms with Gasteiger partial charge in [-0.15, -0.1) is 11.3 Å². The molecule has 0 radical (unpaired) electrons. The molecule has 2 atom stereocenters. The van der Waals surface area contributed by atoms with Crippen molar-refractivity contribution in [3.8, 4) is 0 Å². The molecule has 0 saturated heterocycles. The molecule has 3 N–H and O–H groups in total. The van der Waals surface area contributed by atoms with Crippen LogP contribution in [-0.4, -0.2) is 35.3 Å². The van der Waals surface area contributed by atoms with Crippen molar-refractivity contribution in [2.45, 2.75) is 44.6 Å². The Kier molecular flexibility index (Phi) is 6.04. The fraction of sp³-hybridized carbons (Fsp3) is 0.556. The van der Waals surface area contributed by atoms with E-state index in [1.807, 2.05) is 18.2 Å². The summed E-state index contributed by atoms with van der Waals surface area (Å²) in [5, 5.41) is 16.6. The van der Waals surface area contributed by atoms with Crippen LogP contribution in [0.25, 0.3) is 10.2 Å². The third kappa shape index (κ3) is 4.92. The quantitative estimate of drug-likeness (QED) is 0.703. The molecule has 6 heteroatoms. The molecule has 24 heavy (non-hydrogen) atoms. The van der Waals surface area contributed by atoms with Crippen molar-refractivity contribution < 1.29 is 9.90 Å². The average molecular weight is 347 g/mol. The summed E-state index contributed by atoms with van der Waals surface area (Å²) in [4.78, 5) is 16.4. The smallest absolute Gasteiger partial charge is 0.314 e. The predicted molar refractivity (Wildman–Crippen MR) is 97.3 cm³/mol. The number of hydrogen-bond donors (Lipinski definition) is 3. The molecular formula is C18H25N3O2S. The second kappa shape index (κ2) is 8.44. The standard InChI is InChI=1S/C18H25N3O2S/c22-14-6-3-5-13(11-14)12-20-18(23)19-10-4-9-17-21-15-7-1-2-8-16(15)24-17/h1-2,7-8,13-14,22H,3-6,9-12H2,(H2,19,20,23). The third-order valence-corrected chi connectivity index (χ3v) is 5.59. The third-order valence-electron chi connectivity index (χ3n) is 4.50. The number of aryl methyl sites for hydroxylation is 1. The molecule has 2 unspecified atom stereocenters. The van der Waals surface area contributed by atoms with Crippen LogP contribution in [0.5, 0.6) is 0 Å². The summed E-state index contributed by atoms with van der Waals surface area (Å²) in [6.45, 7) is 1.30. The maximum absolute atomic E-state index is 11.8. The van der Waals surface area contributed by atoms with Gasteiger partial charge in [0.05, 0.1) is 21.3 Å². The molecule has 1 saturated carbocycles. The number of rotatable bonds is 6. The Hall–Kier alpha value is -1.66. The molecule has 1 heterocycles. The molecule has 2 aromatic rings. The zero-order valence-electron chi connectivity index (χ0n) is 13.8. The summed E-state index contributed by atoms with van der Waals surface area (Å²) < 4.78 is 1.22. The van der Waals surface area contributed by atoms with E-state index in [9.17, 15) is 9.90 Å². The fourth-order valence-electron chi connectivity index (χ4n) is 3.22. The van der Waals surface area contributed by atoms with Crippen molar-refractivity contribution in [2.24, 2.45) is 5.92 Å². The Morgan fingerprint density at radius 2 is 2.17 bits per heavy atom. The van der Waals surface area contributed by atoms with Gasteiger partial charge in [0, 0.05) is 19.5 Å². The van der Waals surface area contributed by atoms with E-state index < -0.39 is 0 Å². The molecule has 5 nitrogen and oxygen atoms in total. The van der Waals surface area contributed by atoms with Crippen LogP contribution < -0.4 is 10.6 Å². The van der Waals surface area contributed by atoms with E-state index in [4.69, 9.17) is 0 Å². The lowest BCUT2D eigenvalue weighted by Gasteiger charge is -2.25. The SMILES string of the molecule is O=C(NCCCc1nc2ccccc2s1)NCC1CCCC(O)C1. The van der Waals surface area contributed by atoms with Gasteiger partial charge in [0.25, 0.3) is 0 Å². The Morgan fingerprint density at radius 1 is 1.29 bits per heavy atom. The molecule has 1 aliphatic rings. The Balaban J connectivity index is 1.32. The van der Waals surface area contributed by atoms with Crippen LogP contribution in [-0.2, 0) is 6.42 Å². The number of nitrogens with zero attached hydrogens (tertiary/aromatic N) is 1. The van der Waals surface area contributed by atoms with Crippen LogP contribution in [0.15, 0.2) is 24.3 Å². The first-order valence-electron chi connectivity index (χ1n) is 8.75. The lowest BCUT2D eigenvalue weighted by molar-refractivity contribution is 0.101. The van der Waals surface area contributed by atoms with Crippen molar-refractivity contribution in [1.82, 2.24) is 15.6 Å². The number of aliphatic hydroxyl groups excluding tert-OH is 1. The van der Waals surface area contributed by atoms with Gasteiger partial charge in [0.1, 0.15) is 0 Å². The van der Waals surface area contributed by atoms with Crippen LogP contribution in [0.3, 0.4) is 0 Å². The fourth-order valence-corrected chi connectivity index (χ4v) is 4.23. The molecule has 1 fully saturated rings. The number of nitrogens with one attached hydrogen (secondary N) is 2. The molecule has 2 amide bonds. The lowest BCUT2D eigenvalue weighted by Crippen LogP contribution is -2.40. The topological polar surface area (TPSA) is 74.2 Å². The van der Waals surface area contributed by atoms with Gasteiger partial charge in [0.2, 0.25) is 0 Å². The van der Waals surface area contributed by atoms with Crippen molar-refractivity contribution >= 4 is 27.6 Å². The summed E-state index contributed by atoms with van der Waals surface area (Å²) in [5.41, 5.74) is 1.05. The van der Waals surface area contributed by atoms with Gasteiger partial charge in [0.15, 0.2) is 0 Å². The molecule has 1 aliphatic carbocycles. The first kappa shape index (κ1) is 17.2. The number of hydrogen-bond acceptors (Lipinski definition) is 4. The van der Waals surface area contributed by atoms with Crippen molar-refractivity contribution in [3.63, 3.8) is 0 Å². The van der Waals surface area contributed by atoms with E-state index in [1.54, 1.807) is 11.3 Å². The predicted octanol–water partition coefficient (Wildman–Crippen LogP) is 3.08. The van der Waals surface area contributed by atoms with Crippen molar-refractivity contribution in [2.75, 3.05) is 13.1 Å². The van der Waals surface area contributed by atoms with Crippen LogP contribution in [0.1, 0.15) is 37.1 Å². The highest BCUT2D eigenvalue weighted by molar-refractivity contribution is 7.18. The Labute approximate surface area is 146 Å². The van der Waals surface area contributed by atoms with Gasteiger partial charge < -0.3 is 15.7 Å². The minimum atomic E-state index is -0.192. The highest BCUT2D eigenvalue weighted by Gasteiger charge is 2.20. The second-order valence-corrected chi connectivity index (χ2v) is 7.62. The molecular weight excluding hydrogens is 322 g/mol. The normalized spacial score (nSPS) is 20.9. The van der Waals surface area contributed by atoms with E-state index in [0.29, 0.717) is 19.0 Å². The maximum atomic E-state index is 11.8. The van der Waals surface area contributed by atoms with E-state index in [-0.39, 0.29) is 12.1 Å². The van der Waals surface area contributed by atoms with Crippen LogP contribution in [0.2, 0.25) is 0 Å². The maximum Gasteiger partial charge on any atom is 0.314 e. The summed E-state index contributed by atoms with van der Waals surface area (Å²) in [7, 11) is 0. The number of carbonyl (C=O) groups is 1. The lowest BCUT2D eigenvalue weighted by atomic mass is 9.87. The zero-order chi connectivity index (χ0) is 16.8. The number of fused-ring (bicyclic) bond motifs is 1. The Morgan fingerprint density at radius 3 is 3.00 bits per heavy atom. The minimum absolute atomic E-state index is 0.112. The second-order valence-electron chi connectivity index (χ2n) is 6.50. The molecule has 3 rings (SSSR count). The Bertz CT molecular complexity index is 640. The number of carbonyl (C=O) groups excluding carboxylic acids is 1. The number of para-hydroxylation sites is 1. The molecule has 130 valence electrons. The molecule has 0 bridgehead atoms. The van der Waals surface area contributed by atoms with Gasteiger partial charge in [-0.05, 0) is 43.7 Å². The van der Waals surface area contributed by atoms with Crippen molar-refractivity contribution in [3.05, 3.63) is 29.3 Å². The van der Waals surface area contributed by atoms with E-state index in [2.05, 4.69) is 21.7 Å². The monoisotopic (exact) mass is 347 g/mol. The van der Waals surface area contributed by atoms with E-state index in [1.165, 1.54) is 4.70 Å². The summed E-state index contributed by atoms with van der Waals surface area (Å²) in [6, 6.07) is 8.04. The van der Waals surface area contributed by atoms with E-state index >= 15 is 0 Å². The van der Waals surface area contributed by atoms with Gasteiger partial charge >= 0.3 is 6.03 Å². The van der Waals surface area contributed by atoms with Crippen LogP contribution in [0, 0.1) is 5.92 Å². The zero-order valence-corrected chi connectivity index (χ0v) is 14.6. The molecule has 1 aromatic carbocycles. The average Bonchev–Trinajstić information content (AvgIpc) is 3.00. The molecule has 1 aromatic heterocycles. The number of aliphatic hydroxyl groups is 1. The largest absolute Gasteiger partial charge is 0.393 e. The highest BCUT2D eigenvalue weighted by atomic mass is 32.1. The van der Waals surface area contributed by atoms with Gasteiger partial charge in [-0.3, -0.25) is 0 Å². The number of aromatic nitrogens is 1.